The van der Waals surface area contributed by atoms with Crippen LogP contribution in [0.5, 0.6) is 0 Å². The zero-order valence-electron chi connectivity index (χ0n) is 10.8. The quantitative estimate of drug-likeness (QED) is 0.759. The second kappa shape index (κ2) is 6.36. The van der Waals surface area contributed by atoms with Crippen molar-refractivity contribution >= 4 is 11.6 Å². The number of hydrogen-bond donors (Lipinski definition) is 1. The highest BCUT2D eigenvalue weighted by molar-refractivity contribution is 6.30. The van der Waals surface area contributed by atoms with E-state index in [0.717, 1.165) is 31.5 Å². The number of nitrogens with one attached hydrogen (secondary N) is 1. The van der Waals surface area contributed by atoms with Crippen molar-refractivity contribution < 1.29 is 4.39 Å². The summed E-state index contributed by atoms with van der Waals surface area (Å²) in [7, 11) is 0. The van der Waals surface area contributed by atoms with Crippen molar-refractivity contribution in [2.45, 2.75) is 33.6 Å². The zero-order valence-corrected chi connectivity index (χ0v) is 11.6. The Morgan fingerprint density at radius 2 is 2.06 bits per heavy atom. The Hall–Kier alpha value is -0.600. The van der Waals surface area contributed by atoms with Gasteiger partial charge in [0.15, 0.2) is 0 Å². The van der Waals surface area contributed by atoms with E-state index in [4.69, 9.17) is 11.6 Å². The number of hydrogen-bond acceptors (Lipinski definition) is 1. The molecule has 0 aliphatic heterocycles. The highest BCUT2D eigenvalue weighted by Crippen LogP contribution is 2.27. The van der Waals surface area contributed by atoms with Gasteiger partial charge in [0.25, 0.3) is 0 Å². The van der Waals surface area contributed by atoms with E-state index in [1.807, 2.05) is 6.07 Å². The van der Waals surface area contributed by atoms with Crippen LogP contribution in [0.15, 0.2) is 18.2 Å². The maximum atomic E-state index is 13.0. The first-order chi connectivity index (χ1) is 7.94. The molecule has 0 radical (unpaired) electrons. The largest absolute Gasteiger partial charge is 0.317 e. The van der Waals surface area contributed by atoms with Crippen molar-refractivity contribution in [2.75, 3.05) is 13.1 Å². The van der Waals surface area contributed by atoms with Gasteiger partial charge in [-0.05, 0) is 49.0 Å². The summed E-state index contributed by atoms with van der Waals surface area (Å²) in [4.78, 5) is 0. The fourth-order valence-corrected chi connectivity index (χ4v) is 2.10. The van der Waals surface area contributed by atoms with E-state index in [2.05, 4.69) is 26.1 Å². The Morgan fingerprint density at radius 3 is 2.65 bits per heavy atom. The van der Waals surface area contributed by atoms with Crippen molar-refractivity contribution in [1.82, 2.24) is 5.32 Å². The summed E-state index contributed by atoms with van der Waals surface area (Å²) in [6.45, 7) is 8.56. The summed E-state index contributed by atoms with van der Waals surface area (Å²) in [6, 6.07) is 4.99. The van der Waals surface area contributed by atoms with E-state index >= 15 is 0 Å². The minimum Gasteiger partial charge on any atom is -0.317 e. The van der Waals surface area contributed by atoms with Crippen LogP contribution in [-0.2, 0) is 6.42 Å². The molecule has 0 heterocycles. The molecule has 1 rings (SSSR count). The van der Waals surface area contributed by atoms with Crippen molar-refractivity contribution in [2.24, 2.45) is 5.41 Å². The average molecular weight is 258 g/mol. The smallest absolute Gasteiger partial charge is 0.141 e. The normalized spacial score (nSPS) is 11.8. The molecule has 1 nitrogen and oxygen atoms in total. The van der Waals surface area contributed by atoms with Crippen LogP contribution >= 0.6 is 11.6 Å². The third-order valence-corrected chi connectivity index (χ3v) is 3.18. The van der Waals surface area contributed by atoms with Crippen LogP contribution in [0, 0.1) is 11.2 Å². The van der Waals surface area contributed by atoms with Crippen LogP contribution in [0.1, 0.15) is 32.8 Å². The SMILES string of the molecule is CCNCCC(C)(C)Cc1ccc(F)c(Cl)c1. The monoisotopic (exact) mass is 257 g/mol. The van der Waals surface area contributed by atoms with Crippen LogP contribution in [-0.4, -0.2) is 13.1 Å². The maximum Gasteiger partial charge on any atom is 0.141 e. The molecule has 1 aromatic carbocycles. The molecule has 1 aromatic rings. The topological polar surface area (TPSA) is 12.0 Å². The Morgan fingerprint density at radius 1 is 1.35 bits per heavy atom. The Balaban J connectivity index is 2.59. The molecule has 0 aliphatic carbocycles. The molecule has 3 heteroatoms. The lowest BCUT2D eigenvalue weighted by Gasteiger charge is -2.25. The second-order valence-corrected chi connectivity index (χ2v) is 5.60. The molecule has 0 fully saturated rings. The predicted molar refractivity (Wildman–Crippen MR) is 72.1 cm³/mol. The Labute approximate surface area is 108 Å². The minimum absolute atomic E-state index is 0.198. The lowest BCUT2D eigenvalue weighted by atomic mass is 9.82. The van der Waals surface area contributed by atoms with E-state index in [-0.39, 0.29) is 16.3 Å². The summed E-state index contributed by atoms with van der Waals surface area (Å²) < 4.78 is 13.0. The van der Waals surface area contributed by atoms with E-state index in [1.165, 1.54) is 6.07 Å². The molecule has 0 atom stereocenters. The maximum absolute atomic E-state index is 13.0. The fraction of sp³-hybridized carbons (Fsp3) is 0.571. The average Bonchev–Trinajstić information content (AvgIpc) is 2.23. The molecule has 0 unspecified atom stereocenters. The van der Waals surface area contributed by atoms with Gasteiger partial charge in [0, 0.05) is 0 Å². The van der Waals surface area contributed by atoms with Gasteiger partial charge in [0.2, 0.25) is 0 Å². The molecule has 0 aliphatic rings. The Kier molecular flexibility index (Phi) is 5.41. The van der Waals surface area contributed by atoms with Crippen LogP contribution in [0.2, 0.25) is 5.02 Å². The molecule has 17 heavy (non-hydrogen) atoms. The molecule has 0 saturated carbocycles. The van der Waals surface area contributed by atoms with Crippen molar-refractivity contribution in [1.29, 1.82) is 0 Å². The first-order valence-electron chi connectivity index (χ1n) is 6.09. The standard InChI is InChI=1S/C14H21ClFN/c1-4-17-8-7-14(2,3)10-11-5-6-13(16)12(15)9-11/h5-6,9,17H,4,7-8,10H2,1-3H3. The number of rotatable bonds is 6. The van der Waals surface area contributed by atoms with Crippen LogP contribution < -0.4 is 5.32 Å². The summed E-state index contributed by atoms with van der Waals surface area (Å²) in [5, 5.41) is 3.54. The Bertz CT molecular complexity index is 363. The highest BCUT2D eigenvalue weighted by atomic mass is 35.5. The van der Waals surface area contributed by atoms with Crippen molar-refractivity contribution in [3.63, 3.8) is 0 Å². The van der Waals surface area contributed by atoms with E-state index < -0.39 is 0 Å². The second-order valence-electron chi connectivity index (χ2n) is 5.19. The van der Waals surface area contributed by atoms with E-state index in [1.54, 1.807) is 6.07 Å². The van der Waals surface area contributed by atoms with Gasteiger partial charge < -0.3 is 5.32 Å². The third-order valence-electron chi connectivity index (χ3n) is 2.90. The van der Waals surface area contributed by atoms with E-state index in [9.17, 15) is 4.39 Å². The van der Waals surface area contributed by atoms with Crippen molar-refractivity contribution in [3.8, 4) is 0 Å². The van der Waals surface area contributed by atoms with Gasteiger partial charge in [-0.2, -0.15) is 0 Å². The molecule has 0 saturated heterocycles. The summed E-state index contributed by atoms with van der Waals surface area (Å²) >= 11 is 5.78. The van der Waals surface area contributed by atoms with Crippen LogP contribution in [0.4, 0.5) is 4.39 Å². The number of benzene rings is 1. The molecular weight excluding hydrogens is 237 g/mol. The highest BCUT2D eigenvalue weighted by Gasteiger charge is 2.18. The summed E-state index contributed by atoms with van der Waals surface area (Å²) in [6.07, 6.45) is 2.01. The molecule has 0 spiro atoms. The molecular formula is C14H21ClFN. The van der Waals surface area contributed by atoms with Gasteiger partial charge in [-0.3, -0.25) is 0 Å². The van der Waals surface area contributed by atoms with Gasteiger partial charge in [0.05, 0.1) is 5.02 Å². The molecule has 1 N–H and O–H groups in total. The molecule has 0 bridgehead atoms. The summed E-state index contributed by atoms with van der Waals surface area (Å²) in [5.74, 6) is -0.346. The predicted octanol–water partition coefficient (Wildman–Crippen LogP) is 4.05. The van der Waals surface area contributed by atoms with Crippen LogP contribution in [0.3, 0.4) is 0 Å². The zero-order chi connectivity index (χ0) is 12.9. The first-order valence-corrected chi connectivity index (χ1v) is 6.47. The van der Waals surface area contributed by atoms with Gasteiger partial charge >= 0.3 is 0 Å². The van der Waals surface area contributed by atoms with E-state index in [0.29, 0.717) is 0 Å². The van der Waals surface area contributed by atoms with Gasteiger partial charge in [0.1, 0.15) is 5.82 Å². The van der Waals surface area contributed by atoms with Gasteiger partial charge in [-0.1, -0.05) is 38.4 Å². The lowest BCUT2D eigenvalue weighted by Crippen LogP contribution is -2.23. The van der Waals surface area contributed by atoms with Crippen molar-refractivity contribution in [3.05, 3.63) is 34.6 Å². The minimum atomic E-state index is -0.346. The van der Waals surface area contributed by atoms with Gasteiger partial charge in [-0.15, -0.1) is 0 Å². The third kappa shape index (κ3) is 5.05. The van der Waals surface area contributed by atoms with Crippen LogP contribution in [0.25, 0.3) is 0 Å². The first kappa shape index (κ1) is 14.5. The van der Waals surface area contributed by atoms with Gasteiger partial charge in [-0.25, -0.2) is 4.39 Å². The fourth-order valence-electron chi connectivity index (χ4n) is 1.89. The lowest BCUT2D eigenvalue weighted by molar-refractivity contribution is 0.326. The molecule has 0 aromatic heterocycles. The molecule has 0 amide bonds. The molecule has 96 valence electrons. The number of halogens is 2. The summed E-state index contributed by atoms with van der Waals surface area (Å²) in [5.41, 5.74) is 1.29.